The smallest absolute Gasteiger partial charge is 0.326 e. The van der Waals surface area contributed by atoms with Crippen molar-refractivity contribution in [3.8, 4) is 22.6 Å². The van der Waals surface area contributed by atoms with Crippen LogP contribution in [0.4, 0.5) is 0 Å². The van der Waals surface area contributed by atoms with Gasteiger partial charge in [-0.3, -0.25) is 9.59 Å². The number of esters is 1. The maximum atomic E-state index is 13.1. The van der Waals surface area contributed by atoms with E-state index in [4.69, 9.17) is 18.9 Å². The molecule has 0 bridgehead atoms. The molecule has 2 N–H and O–H groups in total. The molecule has 0 aliphatic carbocycles. The van der Waals surface area contributed by atoms with E-state index in [1.165, 1.54) is 6.92 Å². The Morgan fingerprint density at radius 3 is 2.26 bits per heavy atom. The summed E-state index contributed by atoms with van der Waals surface area (Å²) in [5.41, 5.74) is 1.17. The molecule has 2 aromatic rings. The molecule has 1 aliphatic heterocycles. The van der Waals surface area contributed by atoms with E-state index in [9.17, 15) is 19.5 Å². The van der Waals surface area contributed by atoms with Gasteiger partial charge in [0, 0.05) is 26.4 Å². The van der Waals surface area contributed by atoms with Gasteiger partial charge in [0.15, 0.2) is 0 Å². The van der Waals surface area contributed by atoms with Crippen LogP contribution in [0.25, 0.3) is 11.1 Å². The third-order valence-electron chi connectivity index (χ3n) is 6.04. The first kappa shape index (κ1) is 26.0. The molecule has 0 spiro atoms. The van der Waals surface area contributed by atoms with Crippen LogP contribution in [0.15, 0.2) is 42.5 Å². The number of nitrogens with one attached hydrogen (secondary N) is 1. The fourth-order valence-corrected chi connectivity index (χ4v) is 4.22. The van der Waals surface area contributed by atoms with Crippen LogP contribution in [0, 0.1) is 0 Å². The highest BCUT2D eigenvalue weighted by atomic mass is 16.5. The second-order valence-corrected chi connectivity index (χ2v) is 8.34. The van der Waals surface area contributed by atoms with Crippen molar-refractivity contribution in [1.82, 2.24) is 5.32 Å². The monoisotopic (exact) mass is 485 g/mol. The Bertz CT molecular complexity index is 1020. The van der Waals surface area contributed by atoms with Crippen molar-refractivity contribution < 1.29 is 38.4 Å². The normalized spacial score (nSPS) is 17.9. The average Bonchev–Trinajstić information content (AvgIpc) is 3.33. The molecule has 1 aliphatic rings. The number of amides is 1. The van der Waals surface area contributed by atoms with Crippen molar-refractivity contribution in [1.29, 1.82) is 0 Å². The molecular formula is C26H31NO8. The van der Waals surface area contributed by atoms with Crippen LogP contribution >= 0.6 is 0 Å². The zero-order chi connectivity index (χ0) is 25.4. The minimum absolute atomic E-state index is 0.0222. The third kappa shape index (κ3) is 6.30. The van der Waals surface area contributed by atoms with Gasteiger partial charge in [0.25, 0.3) is 5.91 Å². The lowest BCUT2D eigenvalue weighted by molar-refractivity contribution is -0.152. The number of methoxy groups -OCH3 is 2. The number of carboxylic acid groups (broad SMARTS) is 1. The number of carboxylic acids is 1. The Kier molecular flexibility index (Phi) is 8.70. The van der Waals surface area contributed by atoms with E-state index in [0.29, 0.717) is 30.9 Å². The molecule has 1 fully saturated rings. The first-order valence-corrected chi connectivity index (χ1v) is 11.4. The van der Waals surface area contributed by atoms with Crippen LogP contribution in [-0.4, -0.2) is 62.0 Å². The van der Waals surface area contributed by atoms with Crippen molar-refractivity contribution in [2.75, 3.05) is 27.4 Å². The maximum Gasteiger partial charge on any atom is 0.326 e. The number of ether oxygens (including phenoxy) is 4. The third-order valence-corrected chi connectivity index (χ3v) is 6.04. The largest absolute Gasteiger partial charge is 0.496 e. The number of carbonyl (C=O) groups excluding carboxylic acids is 2. The topological polar surface area (TPSA) is 120 Å². The maximum absolute atomic E-state index is 13.1. The van der Waals surface area contributed by atoms with Gasteiger partial charge in [0.05, 0.1) is 26.4 Å². The van der Waals surface area contributed by atoms with Gasteiger partial charge in [0.2, 0.25) is 0 Å². The number of rotatable bonds is 11. The Hall–Kier alpha value is -3.59. The van der Waals surface area contributed by atoms with Gasteiger partial charge in [-0.05, 0) is 36.1 Å². The van der Waals surface area contributed by atoms with Gasteiger partial charge in [-0.1, -0.05) is 30.3 Å². The van der Waals surface area contributed by atoms with Crippen molar-refractivity contribution >= 4 is 17.8 Å². The van der Waals surface area contributed by atoms with E-state index in [0.717, 1.165) is 16.7 Å². The lowest BCUT2D eigenvalue weighted by Gasteiger charge is -2.28. The highest BCUT2D eigenvalue weighted by molar-refractivity contribution is 5.89. The zero-order valence-electron chi connectivity index (χ0n) is 20.2. The van der Waals surface area contributed by atoms with Crippen molar-refractivity contribution in [2.24, 2.45) is 0 Å². The molecule has 3 rings (SSSR count). The predicted molar refractivity (Wildman–Crippen MR) is 127 cm³/mol. The first-order chi connectivity index (χ1) is 16.8. The molecule has 0 radical (unpaired) electrons. The van der Waals surface area contributed by atoms with E-state index in [1.807, 2.05) is 42.5 Å². The summed E-state index contributed by atoms with van der Waals surface area (Å²) < 4.78 is 21.6. The highest BCUT2D eigenvalue weighted by Gasteiger charge is 2.44. The van der Waals surface area contributed by atoms with Crippen LogP contribution < -0.4 is 14.8 Å². The van der Waals surface area contributed by atoms with Crippen molar-refractivity contribution in [3.63, 3.8) is 0 Å². The number of carbonyl (C=O) groups is 3. The lowest BCUT2D eigenvalue weighted by atomic mass is 9.94. The van der Waals surface area contributed by atoms with Gasteiger partial charge in [-0.15, -0.1) is 0 Å². The summed E-state index contributed by atoms with van der Waals surface area (Å²) in [6.45, 7) is 1.70. The summed E-state index contributed by atoms with van der Waals surface area (Å²) in [4.78, 5) is 36.1. The van der Waals surface area contributed by atoms with Crippen LogP contribution in [0.2, 0.25) is 0 Å². The second kappa shape index (κ2) is 11.7. The Morgan fingerprint density at radius 2 is 1.74 bits per heavy atom. The molecule has 1 unspecified atom stereocenters. The molecule has 2 atom stereocenters. The van der Waals surface area contributed by atoms with Crippen LogP contribution in [0.5, 0.6) is 11.5 Å². The van der Waals surface area contributed by atoms with Crippen molar-refractivity contribution in [2.45, 2.75) is 44.2 Å². The standard InChI is InChI=1S/C26H31NO8/c1-17(28)34-15-13-26(12-5-14-35-26)25(31)27-20(24(29)30)16-18-8-10-19(11-9-18)23-21(32-2)6-4-7-22(23)33-3/h4,6-11,20H,5,12-16H2,1-3H3,(H,27,31)(H,29,30)/t20-,26?/m0/s1. The van der Waals surface area contributed by atoms with Gasteiger partial charge in [-0.2, -0.15) is 0 Å². The fourth-order valence-electron chi connectivity index (χ4n) is 4.22. The molecule has 0 aromatic heterocycles. The molecule has 1 saturated heterocycles. The lowest BCUT2D eigenvalue weighted by Crippen LogP contribution is -2.53. The second-order valence-electron chi connectivity index (χ2n) is 8.34. The summed E-state index contributed by atoms with van der Waals surface area (Å²) in [5, 5.41) is 12.4. The number of hydrogen-bond acceptors (Lipinski definition) is 7. The number of aliphatic carboxylic acids is 1. The zero-order valence-corrected chi connectivity index (χ0v) is 20.2. The molecule has 1 heterocycles. The summed E-state index contributed by atoms with van der Waals surface area (Å²) >= 11 is 0. The van der Waals surface area contributed by atoms with Gasteiger partial charge in [-0.25, -0.2) is 4.79 Å². The first-order valence-electron chi connectivity index (χ1n) is 11.4. The Morgan fingerprint density at radius 1 is 1.09 bits per heavy atom. The molecule has 2 aromatic carbocycles. The number of benzene rings is 2. The van der Waals surface area contributed by atoms with E-state index in [1.54, 1.807) is 14.2 Å². The molecule has 9 heteroatoms. The summed E-state index contributed by atoms with van der Waals surface area (Å²) in [5.74, 6) is -0.796. The van der Waals surface area contributed by atoms with Crippen LogP contribution in [-0.2, 0) is 30.3 Å². The fraction of sp³-hybridized carbons (Fsp3) is 0.423. The molecule has 188 valence electrons. The SMILES string of the molecule is COc1cccc(OC)c1-c1ccc(C[C@H](NC(=O)C2(CCOC(C)=O)CCCO2)C(=O)O)cc1. The van der Waals surface area contributed by atoms with E-state index < -0.39 is 29.5 Å². The Labute approximate surface area is 204 Å². The molecule has 9 nitrogen and oxygen atoms in total. The summed E-state index contributed by atoms with van der Waals surface area (Å²) in [7, 11) is 3.17. The minimum Gasteiger partial charge on any atom is -0.496 e. The molecule has 0 saturated carbocycles. The minimum atomic E-state index is -1.20. The molecule has 35 heavy (non-hydrogen) atoms. The van der Waals surface area contributed by atoms with Gasteiger partial charge >= 0.3 is 11.9 Å². The predicted octanol–water partition coefficient (Wildman–Crippen LogP) is 2.99. The van der Waals surface area contributed by atoms with Gasteiger partial charge < -0.3 is 29.4 Å². The van der Waals surface area contributed by atoms with Gasteiger partial charge in [0.1, 0.15) is 23.1 Å². The van der Waals surface area contributed by atoms with E-state index in [-0.39, 0.29) is 19.4 Å². The number of hydrogen-bond donors (Lipinski definition) is 2. The molecule has 1 amide bonds. The van der Waals surface area contributed by atoms with E-state index >= 15 is 0 Å². The summed E-state index contributed by atoms with van der Waals surface area (Å²) in [6.07, 6.45) is 1.35. The summed E-state index contributed by atoms with van der Waals surface area (Å²) in [6, 6.07) is 11.7. The quantitative estimate of drug-likeness (QED) is 0.466. The Balaban J connectivity index is 1.74. The molecular weight excluding hydrogens is 454 g/mol. The van der Waals surface area contributed by atoms with Crippen LogP contribution in [0.3, 0.4) is 0 Å². The average molecular weight is 486 g/mol. The highest BCUT2D eigenvalue weighted by Crippen LogP contribution is 2.38. The van der Waals surface area contributed by atoms with Crippen molar-refractivity contribution in [3.05, 3.63) is 48.0 Å². The van der Waals surface area contributed by atoms with Crippen LogP contribution in [0.1, 0.15) is 31.7 Å². The van der Waals surface area contributed by atoms with E-state index in [2.05, 4.69) is 5.32 Å².